The lowest BCUT2D eigenvalue weighted by Gasteiger charge is -2.23. The lowest BCUT2D eigenvalue weighted by molar-refractivity contribution is -0.645. The van der Waals surface area contributed by atoms with E-state index in [0.717, 1.165) is 36.4 Å². The standard InChI is InChI=1S/C19H22ClN3O2/c1-2-3-10-21-13-19(24)23-17(18-5-4-11-25-18)12-16(22-23)14-6-8-15(20)9-7-14/h4-9,11-12,17,21-22H,2-3,10,13H2,1H3/p+1/t17-/m1/s1. The van der Waals surface area contributed by atoms with Crippen molar-refractivity contribution in [3.63, 3.8) is 0 Å². The molecule has 0 bridgehead atoms. The number of amides is 1. The molecule has 1 aliphatic rings. The first-order chi connectivity index (χ1) is 12.2. The van der Waals surface area contributed by atoms with E-state index in [2.05, 4.69) is 12.3 Å². The second-order valence-corrected chi connectivity index (χ2v) is 6.49. The Hall–Kier alpha value is -2.24. The third-order valence-electron chi connectivity index (χ3n) is 4.18. The summed E-state index contributed by atoms with van der Waals surface area (Å²) >= 11 is 5.97. The second-order valence-electron chi connectivity index (χ2n) is 6.06. The fourth-order valence-corrected chi connectivity index (χ4v) is 2.94. The van der Waals surface area contributed by atoms with Crippen LogP contribution in [0.15, 0.2) is 53.2 Å². The zero-order valence-electron chi connectivity index (χ0n) is 14.2. The Kier molecular flexibility index (Phi) is 5.79. The number of halogens is 1. The smallest absolute Gasteiger partial charge is 0.296 e. The fraction of sp³-hybridized carbons (Fsp3) is 0.316. The van der Waals surface area contributed by atoms with Gasteiger partial charge in [-0.2, -0.15) is 0 Å². The summed E-state index contributed by atoms with van der Waals surface area (Å²) < 4.78 is 5.53. The highest BCUT2D eigenvalue weighted by Gasteiger charge is 2.32. The van der Waals surface area contributed by atoms with Gasteiger partial charge in [0.15, 0.2) is 6.54 Å². The summed E-state index contributed by atoms with van der Waals surface area (Å²) in [6.45, 7) is 3.51. The first-order valence-corrected chi connectivity index (χ1v) is 8.98. The van der Waals surface area contributed by atoms with Crippen LogP contribution in [-0.4, -0.2) is 24.0 Å². The zero-order valence-corrected chi connectivity index (χ0v) is 15.0. The Balaban J connectivity index is 1.76. The Bertz CT molecular complexity index is 726. The SMILES string of the molecule is CCCC[NH2+]CC(=O)N1NC(c2ccc(Cl)cc2)=C[C@@H]1c1ccco1. The average Bonchev–Trinajstić information content (AvgIpc) is 3.28. The first kappa shape index (κ1) is 17.6. The van der Waals surface area contributed by atoms with Crippen LogP contribution in [0.25, 0.3) is 5.70 Å². The maximum absolute atomic E-state index is 12.7. The normalized spacial score (nSPS) is 16.6. The number of benzene rings is 1. The number of hydrazine groups is 1. The topological polar surface area (TPSA) is 62.1 Å². The number of unbranched alkanes of at least 4 members (excludes halogenated alkanes) is 1. The van der Waals surface area contributed by atoms with E-state index >= 15 is 0 Å². The molecule has 1 amide bonds. The predicted molar refractivity (Wildman–Crippen MR) is 97.4 cm³/mol. The van der Waals surface area contributed by atoms with Crippen LogP contribution < -0.4 is 10.7 Å². The minimum atomic E-state index is -0.257. The van der Waals surface area contributed by atoms with Crippen LogP contribution in [0.3, 0.4) is 0 Å². The number of hydrogen-bond donors (Lipinski definition) is 2. The van der Waals surface area contributed by atoms with Crippen molar-refractivity contribution < 1.29 is 14.5 Å². The fourth-order valence-electron chi connectivity index (χ4n) is 2.82. The van der Waals surface area contributed by atoms with E-state index in [-0.39, 0.29) is 11.9 Å². The second kappa shape index (κ2) is 8.23. The highest BCUT2D eigenvalue weighted by molar-refractivity contribution is 6.30. The molecule has 1 aromatic carbocycles. The van der Waals surface area contributed by atoms with Gasteiger partial charge < -0.3 is 9.73 Å². The summed E-state index contributed by atoms with van der Waals surface area (Å²) in [5.41, 5.74) is 5.08. The van der Waals surface area contributed by atoms with Crippen molar-refractivity contribution in [3.8, 4) is 0 Å². The summed E-state index contributed by atoms with van der Waals surface area (Å²) in [7, 11) is 0. The highest BCUT2D eigenvalue weighted by Crippen LogP contribution is 2.31. The third kappa shape index (κ3) is 4.24. The molecule has 0 fully saturated rings. The molecule has 1 aliphatic heterocycles. The van der Waals surface area contributed by atoms with Gasteiger partial charge in [0.05, 0.1) is 18.5 Å². The highest BCUT2D eigenvalue weighted by atomic mass is 35.5. The van der Waals surface area contributed by atoms with Crippen molar-refractivity contribution in [3.05, 3.63) is 65.1 Å². The van der Waals surface area contributed by atoms with Gasteiger partial charge in [-0.25, -0.2) is 5.01 Å². The molecule has 132 valence electrons. The van der Waals surface area contributed by atoms with Gasteiger partial charge in [-0.15, -0.1) is 0 Å². The van der Waals surface area contributed by atoms with Crippen LogP contribution in [0.5, 0.6) is 0 Å². The van der Waals surface area contributed by atoms with Gasteiger partial charge in [-0.05, 0) is 42.3 Å². The maximum atomic E-state index is 12.7. The summed E-state index contributed by atoms with van der Waals surface area (Å²) in [6, 6.07) is 11.0. The molecule has 2 aromatic rings. The lowest BCUT2D eigenvalue weighted by Crippen LogP contribution is -2.86. The van der Waals surface area contributed by atoms with E-state index in [9.17, 15) is 4.79 Å². The molecule has 0 aliphatic carbocycles. The van der Waals surface area contributed by atoms with Crippen LogP contribution in [0, 0.1) is 0 Å². The van der Waals surface area contributed by atoms with E-state index in [1.807, 2.05) is 47.8 Å². The number of carbonyl (C=O) groups is 1. The summed E-state index contributed by atoms with van der Waals surface area (Å²) in [6.07, 6.45) is 5.87. The Morgan fingerprint density at radius 1 is 1.32 bits per heavy atom. The molecule has 1 aromatic heterocycles. The van der Waals surface area contributed by atoms with Gasteiger partial charge in [-0.3, -0.25) is 10.2 Å². The number of nitrogens with one attached hydrogen (secondary N) is 1. The number of quaternary nitrogens is 1. The molecule has 0 unspecified atom stereocenters. The maximum Gasteiger partial charge on any atom is 0.296 e. The molecule has 3 N–H and O–H groups in total. The molecule has 0 saturated carbocycles. The number of nitrogens with zero attached hydrogens (tertiary/aromatic N) is 1. The molecular formula is C19H23ClN3O2+. The summed E-state index contributed by atoms with van der Waals surface area (Å²) in [5.74, 6) is 0.760. The first-order valence-electron chi connectivity index (χ1n) is 8.60. The van der Waals surface area contributed by atoms with Gasteiger partial charge in [0.25, 0.3) is 5.91 Å². The predicted octanol–water partition coefficient (Wildman–Crippen LogP) is 2.73. The van der Waals surface area contributed by atoms with E-state index in [4.69, 9.17) is 16.0 Å². The number of rotatable bonds is 7. The van der Waals surface area contributed by atoms with E-state index < -0.39 is 0 Å². The van der Waals surface area contributed by atoms with Gasteiger partial charge in [0, 0.05) is 5.02 Å². The van der Waals surface area contributed by atoms with Gasteiger partial charge in [0.2, 0.25) is 0 Å². The number of nitrogens with two attached hydrogens (primary N) is 1. The van der Waals surface area contributed by atoms with Crippen molar-refractivity contribution in [1.29, 1.82) is 0 Å². The minimum Gasteiger partial charge on any atom is -0.467 e. The van der Waals surface area contributed by atoms with Gasteiger partial charge in [-0.1, -0.05) is 37.1 Å². The monoisotopic (exact) mass is 360 g/mol. The van der Waals surface area contributed by atoms with Crippen LogP contribution in [0.2, 0.25) is 5.02 Å². The largest absolute Gasteiger partial charge is 0.467 e. The van der Waals surface area contributed by atoms with Crippen LogP contribution in [-0.2, 0) is 4.79 Å². The Morgan fingerprint density at radius 2 is 2.12 bits per heavy atom. The van der Waals surface area contributed by atoms with Crippen molar-refractivity contribution in [2.24, 2.45) is 0 Å². The zero-order chi connectivity index (χ0) is 17.6. The Labute approximate surface area is 152 Å². The molecule has 2 heterocycles. The molecule has 5 nitrogen and oxygen atoms in total. The molecule has 0 saturated heterocycles. The molecular weight excluding hydrogens is 338 g/mol. The molecule has 25 heavy (non-hydrogen) atoms. The Morgan fingerprint density at radius 3 is 2.80 bits per heavy atom. The average molecular weight is 361 g/mol. The number of carbonyl (C=O) groups excluding carboxylic acids is 1. The molecule has 3 rings (SSSR count). The van der Waals surface area contributed by atoms with Crippen LogP contribution in [0.1, 0.15) is 37.1 Å². The van der Waals surface area contributed by atoms with Crippen LogP contribution in [0.4, 0.5) is 0 Å². The van der Waals surface area contributed by atoms with E-state index in [1.54, 1.807) is 11.3 Å². The van der Waals surface area contributed by atoms with Crippen molar-refractivity contribution >= 4 is 23.2 Å². The van der Waals surface area contributed by atoms with E-state index in [1.165, 1.54) is 0 Å². The molecule has 1 atom stereocenters. The third-order valence-corrected chi connectivity index (χ3v) is 4.43. The quantitative estimate of drug-likeness (QED) is 0.746. The summed E-state index contributed by atoms with van der Waals surface area (Å²) in [5, 5.41) is 4.38. The minimum absolute atomic E-state index is 0.0257. The van der Waals surface area contributed by atoms with E-state index in [0.29, 0.717) is 11.6 Å². The lowest BCUT2D eigenvalue weighted by atomic mass is 10.1. The van der Waals surface area contributed by atoms with Gasteiger partial charge >= 0.3 is 0 Å². The van der Waals surface area contributed by atoms with Crippen LogP contribution >= 0.6 is 11.6 Å². The molecule has 0 radical (unpaired) electrons. The number of hydrogen-bond acceptors (Lipinski definition) is 3. The van der Waals surface area contributed by atoms with Crippen molar-refractivity contribution in [2.45, 2.75) is 25.8 Å². The molecule has 0 spiro atoms. The number of furan rings is 1. The van der Waals surface area contributed by atoms with Crippen molar-refractivity contribution in [1.82, 2.24) is 10.4 Å². The van der Waals surface area contributed by atoms with Crippen molar-refractivity contribution in [2.75, 3.05) is 13.1 Å². The van der Waals surface area contributed by atoms with Gasteiger partial charge in [0.1, 0.15) is 11.8 Å². The molecule has 6 heteroatoms. The summed E-state index contributed by atoms with van der Waals surface area (Å²) in [4.78, 5) is 12.7.